The molecule has 0 radical (unpaired) electrons. The first-order chi connectivity index (χ1) is 6.65. The lowest BCUT2D eigenvalue weighted by molar-refractivity contribution is 0.113. The Labute approximate surface area is 87.6 Å². The summed E-state index contributed by atoms with van der Waals surface area (Å²) < 4.78 is 5.13. The number of methoxy groups -OCH3 is 1. The number of nitrogens with zero attached hydrogens (tertiary/aromatic N) is 1. The highest BCUT2D eigenvalue weighted by atomic mass is 16.5. The van der Waals surface area contributed by atoms with Crippen LogP contribution in [0.5, 0.6) is 0 Å². The van der Waals surface area contributed by atoms with Crippen LogP contribution in [0, 0.1) is 0 Å². The van der Waals surface area contributed by atoms with E-state index < -0.39 is 0 Å². The zero-order valence-corrected chi connectivity index (χ0v) is 9.70. The lowest BCUT2D eigenvalue weighted by Gasteiger charge is -2.29. The zero-order valence-electron chi connectivity index (χ0n) is 9.70. The van der Waals surface area contributed by atoms with Gasteiger partial charge in [0.1, 0.15) is 0 Å². The van der Waals surface area contributed by atoms with E-state index in [9.17, 15) is 0 Å². The second kappa shape index (κ2) is 5.69. The number of nitrogens with two attached hydrogens (primary N) is 1. The summed E-state index contributed by atoms with van der Waals surface area (Å²) in [5.74, 6) is 0. The van der Waals surface area contributed by atoms with Crippen LogP contribution in [-0.2, 0) is 4.74 Å². The second-order valence-electron chi connectivity index (χ2n) is 4.52. The molecule has 0 bridgehead atoms. The number of rotatable bonds is 7. The summed E-state index contributed by atoms with van der Waals surface area (Å²) in [6.07, 6.45) is 3.79. The molecule has 2 unspecified atom stereocenters. The normalized spacial score (nSPS) is 21.2. The molecule has 1 saturated carbocycles. The van der Waals surface area contributed by atoms with Gasteiger partial charge in [0, 0.05) is 31.8 Å². The zero-order chi connectivity index (χ0) is 10.6. The Balaban J connectivity index is 2.32. The fraction of sp³-hybridized carbons (Fsp3) is 1.00. The predicted octanol–water partition coefficient (Wildman–Crippen LogP) is 1.22. The Kier molecular flexibility index (Phi) is 4.85. The quantitative estimate of drug-likeness (QED) is 0.671. The maximum atomic E-state index is 5.82. The molecule has 0 heterocycles. The molecule has 1 aliphatic rings. The van der Waals surface area contributed by atoms with Crippen LogP contribution in [0.1, 0.15) is 33.1 Å². The van der Waals surface area contributed by atoms with E-state index in [2.05, 4.69) is 18.7 Å². The predicted molar refractivity (Wildman–Crippen MR) is 59.3 cm³/mol. The van der Waals surface area contributed by atoms with Crippen molar-refractivity contribution in [2.45, 2.75) is 51.2 Å². The van der Waals surface area contributed by atoms with Crippen molar-refractivity contribution in [3.05, 3.63) is 0 Å². The average molecular weight is 200 g/mol. The van der Waals surface area contributed by atoms with Crippen LogP contribution < -0.4 is 5.73 Å². The molecule has 1 rings (SSSR count). The van der Waals surface area contributed by atoms with Gasteiger partial charge in [-0.05, 0) is 33.1 Å². The van der Waals surface area contributed by atoms with Crippen LogP contribution in [0.3, 0.4) is 0 Å². The third-order valence-corrected chi connectivity index (χ3v) is 2.85. The summed E-state index contributed by atoms with van der Waals surface area (Å²) in [6, 6.07) is 1.70. The lowest BCUT2D eigenvalue weighted by Crippen LogP contribution is -2.40. The molecular weight excluding hydrogens is 176 g/mol. The van der Waals surface area contributed by atoms with E-state index in [1.54, 1.807) is 7.11 Å². The third-order valence-electron chi connectivity index (χ3n) is 2.85. The molecule has 14 heavy (non-hydrogen) atoms. The Bertz CT molecular complexity index is 157. The highest BCUT2D eigenvalue weighted by molar-refractivity contribution is 4.88. The summed E-state index contributed by atoms with van der Waals surface area (Å²) in [6.45, 7) is 6.24. The summed E-state index contributed by atoms with van der Waals surface area (Å²) in [4.78, 5) is 2.55. The van der Waals surface area contributed by atoms with E-state index in [1.807, 2.05) is 0 Å². The average Bonchev–Trinajstić information content (AvgIpc) is 2.87. The van der Waals surface area contributed by atoms with Gasteiger partial charge < -0.3 is 10.5 Å². The first kappa shape index (κ1) is 12.0. The van der Waals surface area contributed by atoms with Crippen molar-refractivity contribution in [3.63, 3.8) is 0 Å². The molecule has 0 aromatic heterocycles. The summed E-state index contributed by atoms with van der Waals surface area (Å²) >= 11 is 0. The van der Waals surface area contributed by atoms with Gasteiger partial charge in [0.25, 0.3) is 0 Å². The minimum absolute atomic E-state index is 0.300. The molecule has 2 atom stereocenters. The smallest absolute Gasteiger partial charge is 0.0589 e. The van der Waals surface area contributed by atoms with Gasteiger partial charge in [-0.1, -0.05) is 0 Å². The van der Waals surface area contributed by atoms with E-state index in [0.29, 0.717) is 12.1 Å². The molecule has 1 aliphatic carbocycles. The number of hydrogen-bond acceptors (Lipinski definition) is 3. The third kappa shape index (κ3) is 3.95. The largest absolute Gasteiger partial charge is 0.383 e. The van der Waals surface area contributed by atoms with E-state index >= 15 is 0 Å². The van der Waals surface area contributed by atoms with Gasteiger partial charge in [-0.15, -0.1) is 0 Å². The van der Waals surface area contributed by atoms with Crippen molar-refractivity contribution in [2.24, 2.45) is 5.73 Å². The van der Waals surface area contributed by atoms with Crippen molar-refractivity contribution in [1.82, 2.24) is 4.90 Å². The van der Waals surface area contributed by atoms with Crippen LogP contribution >= 0.6 is 0 Å². The molecule has 3 heteroatoms. The van der Waals surface area contributed by atoms with Crippen molar-refractivity contribution < 1.29 is 4.74 Å². The van der Waals surface area contributed by atoms with Crippen LogP contribution in [0.4, 0.5) is 0 Å². The number of ether oxygens (including phenoxy) is 1. The maximum absolute atomic E-state index is 5.82. The van der Waals surface area contributed by atoms with Crippen molar-refractivity contribution in [2.75, 3.05) is 20.3 Å². The molecule has 0 aromatic rings. The summed E-state index contributed by atoms with van der Waals surface area (Å²) in [5.41, 5.74) is 5.82. The monoisotopic (exact) mass is 200 g/mol. The minimum atomic E-state index is 0.300. The maximum Gasteiger partial charge on any atom is 0.0589 e. The molecule has 0 aromatic carbocycles. The molecule has 0 aliphatic heterocycles. The van der Waals surface area contributed by atoms with Crippen LogP contribution in [-0.4, -0.2) is 43.3 Å². The molecule has 3 nitrogen and oxygen atoms in total. The van der Waals surface area contributed by atoms with Gasteiger partial charge in [-0.25, -0.2) is 0 Å². The number of hydrogen-bond donors (Lipinski definition) is 1. The van der Waals surface area contributed by atoms with Crippen LogP contribution in [0.25, 0.3) is 0 Å². The van der Waals surface area contributed by atoms with Crippen molar-refractivity contribution >= 4 is 0 Å². The van der Waals surface area contributed by atoms with Crippen molar-refractivity contribution in [1.29, 1.82) is 0 Å². The molecule has 1 fully saturated rings. The Hall–Kier alpha value is -0.120. The van der Waals surface area contributed by atoms with Gasteiger partial charge in [-0.2, -0.15) is 0 Å². The van der Waals surface area contributed by atoms with E-state index in [4.69, 9.17) is 10.5 Å². The fourth-order valence-corrected chi connectivity index (χ4v) is 2.04. The SMILES string of the molecule is COCCN(C(C)CC(C)N)C1CC1. The first-order valence-electron chi connectivity index (χ1n) is 5.65. The molecular formula is C11H24N2O. The molecule has 0 saturated heterocycles. The van der Waals surface area contributed by atoms with E-state index in [0.717, 1.165) is 25.6 Å². The molecule has 0 spiro atoms. The highest BCUT2D eigenvalue weighted by Gasteiger charge is 2.31. The van der Waals surface area contributed by atoms with Gasteiger partial charge in [0.05, 0.1) is 6.61 Å². The Morgan fingerprint density at radius 1 is 1.43 bits per heavy atom. The van der Waals surface area contributed by atoms with Gasteiger partial charge >= 0.3 is 0 Å². The highest BCUT2D eigenvalue weighted by Crippen LogP contribution is 2.29. The van der Waals surface area contributed by atoms with E-state index in [1.165, 1.54) is 12.8 Å². The molecule has 0 amide bonds. The standard InChI is InChI=1S/C11H24N2O/c1-9(12)8-10(2)13(6-7-14-3)11-4-5-11/h9-11H,4-8,12H2,1-3H3. The summed E-state index contributed by atoms with van der Waals surface area (Å²) in [5, 5.41) is 0. The van der Waals surface area contributed by atoms with Gasteiger partial charge in [-0.3, -0.25) is 4.90 Å². The van der Waals surface area contributed by atoms with Crippen LogP contribution in [0.15, 0.2) is 0 Å². The molecule has 2 N–H and O–H groups in total. The second-order valence-corrected chi connectivity index (χ2v) is 4.52. The minimum Gasteiger partial charge on any atom is -0.383 e. The van der Waals surface area contributed by atoms with Gasteiger partial charge in [0.2, 0.25) is 0 Å². The van der Waals surface area contributed by atoms with Crippen molar-refractivity contribution in [3.8, 4) is 0 Å². The Morgan fingerprint density at radius 3 is 2.50 bits per heavy atom. The Morgan fingerprint density at radius 2 is 2.07 bits per heavy atom. The summed E-state index contributed by atoms with van der Waals surface area (Å²) in [7, 11) is 1.77. The fourth-order valence-electron chi connectivity index (χ4n) is 2.04. The first-order valence-corrected chi connectivity index (χ1v) is 5.65. The van der Waals surface area contributed by atoms with Gasteiger partial charge in [0.15, 0.2) is 0 Å². The van der Waals surface area contributed by atoms with Crippen LogP contribution in [0.2, 0.25) is 0 Å². The molecule has 84 valence electrons. The topological polar surface area (TPSA) is 38.5 Å². The lowest BCUT2D eigenvalue weighted by atomic mass is 10.1. The van der Waals surface area contributed by atoms with E-state index in [-0.39, 0.29) is 0 Å².